The van der Waals surface area contributed by atoms with Crippen molar-refractivity contribution in [3.8, 4) is 17.0 Å². The number of fused-ring (bicyclic) bond motifs is 3. The number of pyridine rings is 1. The van der Waals surface area contributed by atoms with Crippen LogP contribution in [0.2, 0.25) is 0 Å². The average Bonchev–Trinajstić information content (AvgIpc) is 3.48. The van der Waals surface area contributed by atoms with E-state index in [-0.39, 0.29) is 11.9 Å². The van der Waals surface area contributed by atoms with Crippen LogP contribution in [0, 0.1) is 24.7 Å². The van der Waals surface area contributed by atoms with Gasteiger partial charge in [0.15, 0.2) is 0 Å². The zero-order chi connectivity index (χ0) is 20.8. The van der Waals surface area contributed by atoms with Crippen molar-refractivity contribution >= 4 is 17.0 Å². The number of hydrogen-bond donors (Lipinski definition) is 1. The molecule has 156 valence electrons. The Morgan fingerprint density at radius 2 is 2.13 bits per heavy atom. The van der Waals surface area contributed by atoms with Gasteiger partial charge in [-0.05, 0) is 69.1 Å². The van der Waals surface area contributed by atoms with Crippen molar-refractivity contribution in [2.45, 2.75) is 45.6 Å². The van der Waals surface area contributed by atoms with Gasteiger partial charge in [-0.2, -0.15) is 0 Å². The Balaban J connectivity index is 1.50. The molecule has 6 heteroatoms. The van der Waals surface area contributed by atoms with Gasteiger partial charge in [0.2, 0.25) is 0 Å². The molecule has 1 amide bonds. The lowest BCUT2D eigenvalue weighted by Gasteiger charge is -2.28. The van der Waals surface area contributed by atoms with Crippen LogP contribution in [0.3, 0.4) is 0 Å². The fourth-order valence-electron chi connectivity index (χ4n) is 5.52. The number of nitrogens with zero attached hydrogens (tertiary/aromatic N) is 2. The monoisotopic (exact) mass is 405 g/mol. The second kappa shape index (κ2) is 7.42. The molecule has 2 fully saturated rings. The predicted molar refractivity (Wildman–Crippen MR) is 114 cm³/mol. The lowest BCUT2D eigenvalue weighted by molar-refractivity contribution is 0.0917. The van der Waals surface area contributed by atoms with Crippen LogP contribution in [-0.4, -0.2) is 29.2 Å². The Kier molecular flexibility index (Phi) is 4.72. The van der Waals surface area contributed by atoms with Crippen LogP contribution in [0.5, 0.6) is 5.75 Å². The number of aromatic nitrogens is 2. The minimum Gasteiger partial charge on any atom is -0.497 e. The molecule has 0 saturated heterocycles. The van der Waals surface area contributed by atoms with Gasteiger partial charge >= 0.3 is 0 Å². The number of ether oxygens (including phenoxy) is 1. The first kappa shape index (κ1) is 19.1. The summed E-state index contributed by atoms with van der Waals surface area (Å²) >= 11 is 0. The highest BCUT2D eigenvalue weighted by atomic mass is 16.5. The van der Waals surface area contributed by atoms with Gasteiger partial charge in [-0.3, -0.25) is 4.79 Å². The summed E-state index contributed by atoms with van der Waals surface area (Å²) in [6, 6.07) is 9.56. The van der Waals surface area contributed by atoms with Crippen LogP contribution in [0.1, 0.15) is 48.7 Å². The Bertz CT molecular complexity index is 1110. The van der Waals surface area contributed by atoms with E-state index in [1.165, 1.54) is 25.7 Å². The maximum absolute atomic E-state index is 13.4. The second-order valence-electron chi connectivity index (χ2n) is 8.86. The summed E-state index contributed by atoms with van der Waals surface area (Å²) in [6.45, 7) is 4.01. The normalized spacial score (nSPS) is 23.6. The highest BCUT2D eigenvalue weighted by Crippen LogP contribution is 2.49. The molecule has 4 unspecified atom stereocenters. The van der Waals surface area contributed by atoms with Crippen molar-refractivity contribution < 1.29 is 14.1 Å². The number of carbonyl (C=O) groups is 1. The number of amides is 1. The third-order valence-electron chi connectivity index (χ3n) is 6.96. The maximum Gasteiger partial charge on any atom is 0.259 e. The van der Waals surface area contributed by atoms with Gasteiger partial charge in [-0.1, -0.05) is 23.7 Å². The van der Waals surface area contributed by atoms with Crippen molar-refractivity contribution in [3.63, 3.8) is 0 Å². The Morgan fingerprint density at radius 3 is 2.87 bits per heavy atom. The molecule has 2 bridgehead atoms. The third kappa shape index (κ3) is 3.24. The predicted octanol–water partition coefficient (Wildman–Crippen LogP) is 4.76. The van der Waals surface area contributed by atoms with Gasteiger partial charge in [0.25, 0.3) is 11.6 Å². The molecular formula is C24H27N3O3. The number of nitrogens with one attached hydrogen (secondary N) is 1. The summed E-state index contributed by atoms with van der Waals surface area (Å²) in [4.78, 5) is 17.8. The largest absolute Gasteiger partial charge is 0.497 e. The van der Waals surface area contributed by atoms with E-state index in [1.54, 1.807) is 7.11 Å². The summed E-state index contributed by atoms with van der Waals surface area (Å²) in [5.41, 5.74) is 3.11. The SMILES string of the molecule is COc1cccc(-c2noc3nc(C)cc(C(=O)NC(C)C4CC5CCC4C5)c23)c1. The number of methoxy groups -OCH3 is 1. The highest BCUT2D eigenvalue weighted by Gasteiger charge is 2.42. The fourth-order valence-corrected chi connectivity index (χ4v) is 5.52. The maximum atomic E-state index is 13.4. The highest BCUT2D eigenvalue weighted by molar-refractivity contribution is 6.09. The molecule has 6 nitrogen and oxygen atoms in total. The van der Waals surface area contributed by atoms with Gasteiger partial charge in [0, 0.05) is 17.3 Å². The van der Waals surface area contributed by atoms with Crippen molar-refractivity contribution in [2.24, 2.45) is 17.8 Å². The first-order valence-electron chi connectivity index (χ1n) is 10.8. The summed E-state index contributed by atoms with van der Waals surface area (Å²) < 4.78 is 10.9. The molecule has 1 N–H and O–H groups in total. The Hall–Kier alpha value is -2.89. The zero-order valence-corrected chi connectivity index (χ0v) is 17.6. The molecule has 2 aromatic heterocycles. The van der Waals surface area contributed by atoms with E-state index in [4.69, 9.17) is 9.26 Å². The number of carbonyl (C=O) groups excluding carboxylic acids is 1. The molecule has 5 rings (SSSR count). The number of benzene rings is 1. The second-order valence-corrected chi connectivity index (χ2v) is 8.86. The van der Waals surface area contributed by atoms with Crippen LogP contribution >= 0.6 is 0 Å². The molecular weight excluding hydrogens is 378 g/mol. The molecule has 4 atom stereocenters. The molecule has 30 heavy (non-hydrogen) atoms. The molecule has 0 radical (unpaired) electrons. The van der Waals surface area contributed by atoms with E-state index in [2.05, 4.69) is 22.4 Å². The Morgan fingerprint density at radius 1 is 1.27 bits per heavy atom. The summed E-state index contributed by atoms with van der Waals surface area (Å²) in [5.74, 6) is 2.82. The van der Waals surface area contributed by atoms with E-state index in [1.807, 2.05) is 37.3 Å². The van der Waals surface area contributed by atoms with E-state index >= 15 is 0 Å². The van der Waals surface area contributed by atoms with Crippen LogP contribution in [-0.2, 0) is 0 Å². The molecule has 2 heterocycles. The Labute approximate surface area is 176 Å². The molecule has 1 aromatic carbocycles. The van der Waals surface area contributed by atoms with Gasteiger partial charge in [-0.15, -0.1) is 0 Å². The molecule has 3 aromatic rings. The van der Waals surface area contributed by atoms with E-state index in [9.17, 15) is 4.79 Å². The van der Waals surface area contributed by atoms with E-state index in [0.29, 0.717) is 28.3 Å². The van der Waals surface area contributed by atoms with Crippen molar-refractivity contribution in [2.75, 3.05) is 7.11 Å². The van der Waals surface area contributed by atoms with Gasteiger partial charge in [0.1, 0.15) is 11.4 Å². The van der Waals surface area contributed by atoms with Crippen LogP contribution in [0.25, 0.3) is 22.4 Å². The minimum absolute atomic E-state index is 0.0897. The van der Waals surface area contributed by atoms with E-state index in [0.717, 1.165) is 28.8 Å². The molecule has 2 aliphatic carbocycles. The number of rotatable bonds is 5. The summed E-state index contributed by atoms with van der Waals surface area (Å²) in [7, 11) is 1.63. The molecule has 0 spiro atoms. The summed E-state index contributed by atoms with van der Waals surface area (Å²) in [5, 5.41) is 8.16. The van der Waals surface area contributed by atoms with Crippen molar-refractivity contribution in [3.05, 3.63) is 41.6 Å². The van der Waals surface area contributed by atoms with Crippen molar-refractivity contribution in [1.29, 1.82) is 0 Å². The first-order valence-corrected chi connectivity index (χ1v) is 10.8. The van der Waals surface area contributed by atoms with Gasteiger partial charge < -0.3 is 14.6 Å². The fraction of sp³-hybridized carbons (Fsp3) is 0.458. The third-order valence-corrected chi connectivity index (χ3v) is 6.96. The molecule has 0 aliphatic heterocycles. The van der Waals surface area contributed by atoms with Gasteiger partial charge in [0.05, 0.1) is 18.1 Å². The quantitative estimate of drug-likeness (QED) is 0.662. The van der Waals surface area contributed by atoms with Crippen LogP contribution < -0.4 is 10.1 Å². The van der Waals surface area contributed by atoms with Crippen LogP contribution in [0.15, 0.2) is 34.9 Å². The zero-order valence-electron chi connectivity index (χ0n) is 17.6. The summed E-state index contributed by atoms with van der Waals surface area (Å²) in [6.07, 6.45) is 5.23. The van der Waals surface area contributed by atoms with Gasteiger partial charge in [-0.25, -0.2) is 4.98 Å². The number of hydrogen-bond acceptors (Lipinski definition) is 5. The lowest BCUT2D eigenvalue weighted by atomic mass is 9.84. The minimum atomic E-state index is -0.0897. The van der Waals surface area contributed by atoms with E-state index < -0.39 is 0 Å². The molecule has 2 aliphatic rings. The lowest BCUT2D eigenvalue weighted by Crippen LogP contribution is -2.40. The van der Waals surface area contributed by atoms with Crippen molar-refractivity contribution in [1.82, 2.24) is 15.5 Å². The standard InChI is InChI=1S/C24H27N3O3/c1-13-9-20(23(28)26-14(2)19-11-15-7-8-16(19)10-15)21-22(27-30-24(21)25-13)17-5-4-6-18(12-17)29-3/h4-6,9,12,14-16,19H,7-8,10-11H2,1-3H3,(H,26,28). The van der Waals surface area contributed by atoms with Crippen LogP contribution in [0.4, 0.5) is 0 Å². The molecule has 2 saturated carbocycles. The number of aryl methyl sites for hydroxylation is 1. The first-order chi connectivity index (χ1) is 14.5. The average molecular weight is 405 g/mol. The smallest absolute Gasteiger partial charge is 0.259 e. The topological polar surface area (TPSA) is 77.2 Å².